The monoisotopic (exact) mass is 352 g/mol. The summed E-state index contributed by atoms with van der Waals surface area (Å²) in [6.45, 7) is 2.80. The summed E-state index contributed by atoms with van der Waals surface area (Å²) in [5.74, 6) is -0.303. The largest absolute Gasteiger partial charge is 0.418 e. The number of Topliss-reactive ketones (excluding diaryl/α,β-unsaturated/α-hetero) is 1. The topological polar surface area (TPSA) is 102 Å². The Morgan fingerprint density at radius 3 is 2.25 bits per heavy atom. The molecule has 0 saturated heterocycles. The molecule has 7 nitrogen and oxygen atoms in total. The molecular formula is C16H20N2O5S. The highest BCUT2D eigenvalue weighted by Gasteiger charge is 2.20. The number of amides is 2. The fraction of sp³-hybridized carbons (Fsp3) is 0.375. The minimum atomic E-state index is -0.817. The summed E-state index contributed by atoms with van der Waals surface area (Å²) in [6, 6.07) is 5.79. The second-order valence-corrected chi connectivity index (χ2v) is 6.01. The normalized spacial score (nSPS) is 11.3. The Morgan fingerprint density at radius 1 is 1.12 bits per heavy atom. The molecule has 0 spiro atoms. The molecule has 0 saturated carbocycles. The average molecular weight is 352 g/mol. The Hall–Kier alpha value is -2.35. The zero-order chi connectivity index (χ0) is 18.1. The summed E-state index contributed by atoms with van der Waals surface area (Å²) in [6.07, 6.45) is 0.327. The van der Waals surface area contributed by atoms with Crippen molar-refractivity contribution < 1.29 is 23.9 Å². The number of carbonyl (C=O) groups excluding carboxylic acids is 4. The maximum atomic E-state index is 11.8. The first kappa shape index (κ1) is 19.7. The second-order valence-electron chi connectivity index (χ2n) is 5.05. The highest BCUT2D eigenvalue weighted by molar-refractivity contribution is 8.13. The van der Waals surface area contributed by atoms with E-state index in [9.17, 15) is 19.2 Å². The maximum absolute atomic E-state index is 11.8. The summed E-state index contributed by atoms with van der Waals surface area (Å²) in [5, 5.41) is 4.29. The van der Waals surface area contributed by atoms with Gasteiger partial charge in [-0.3, -0.25) is 14.4 Å². The van der Waals surface area contributed by atoms with E-state index in [4.69, 9.17) is 4.74 Å². The van der Waals surface area contributed by atoms with Crippen LogP contribution in [0.25, 0.3) is 0 Å². The predicted octanol–water partition coefficient (Wildman–Crippen LogP) is 1.30. The first-order chi connectivity index (χ1) is 11.3. The Bertz CT molecular complexity index is 615. The summed E-state index contributed by atoms with van der Waals surface area (Å²) in [7, 11) is 1.45. The molecule has 24 heavy (non-hydrogen) atoms. The summed E-state index contributed by atoms with van der Waals surface area (Å²) >= 11 is 0.789. The highest BCUT2D eigenvalue weighted by atomic mass is 32.2. The van der Waals surface area contributed by atoms with Crippen LogP contribution in [0.1, 0.15) is 19.4 Å². The number of nitrogens with one attached hydrogen (secondary N) is 2. The molecule has 0 aromatic heterocycles. The van der Waals surface area contributed by atoms with Crippen LogP contribution >= 0.6 is 11.8 Å². The van der Waals surface area contributed by atoms with E-state index in [0.29, 0.717) is 12.2 Å². The lowest BCUT2D eigenvalue weighted by atomic mass is 10.1. The Morgan fingerprint density at radius 2 is 1.75 bits per heavy atom. The lowest BCUT2D eigenvalue weighted by Crippen LogP contribution is -2.46. The lowest BCUT2D eigenvalue weighted by molar-refractivity contribution is -0.127. The van der Waals surface area contributed by atoms with Crippen LogP contribution in [0, 0.1) is 0 Å². The van der Waals surface area contributed by atoms with E-state index >= 15 is 0 Å². The van der Waals surface area contributed by atoms with Crippen LogP contribution in [0.5, 0.6) is 5.75 Å². The molecule has 0 radical (unpaired) electrons. The molecule has 1 aromatic rings. The van der Waals surface area contributed by atoms with Crippen LogP contribution in [0.3, 0.4) is 0 Å². The minimum Gasteiger partial charge on any atom is -0.418 e. The number of rotatable bonds is 7. The lowest BCUT2D eigenvalue weighted by Gasteiger charge is -2.15. The van der Waals surface area contributed by atoms with Gasteiger partial charge in [0.25, 0.3) is 0 Å². The first-order valence-electron chi connectivity index (χ1n) is 7.23. The first-order valence-corrected chi connectivity index (χ1v) is 8.22. The number of benzene rings is 1. The van der Waals surface area contributed by atoms with E-state index in [-0.39, 0.29) is 23.4 Å². The van der Waals surface area contributed by atoms with Gasteiger partial charge in [-0.1, -0.05) is 12.1 Å². The number of hydrogen-bond donors (Lipinski definition) is 2. The quantitative estimate of drug-likeness (QED) is 0.717. The molecule has 0 fully saturated rings. The number of likely N-dealkylation sites (N-methyl/N-ethyl adjacent to an activating group) is 1. The van der Waals surface area contributed by atoms with Crippen LogP contribution in [-0.2, 0) is 20.8 Å². The van der Waals surface area contributed by atoms with E-state index in [1.165, 1.54) is 20.9 Å². The standard InChI is InChI=1S/C16H20N2O5S/c1-10(19)8-12-4-6-13(7-5-12)23-16(22)24-9-14(15(21)17-3)18-11(2)20/h4-7,14H,8-9H2,1-3H3,(H,17,21)(H,18,20)/t14-/m1/s1. The van der Waals surface area contributed by atoms with Crippen molar-refractivity contribution in [3.05, 3.63) is 29.8 Å². The van der Waals surface area contributed by atoms with E-state index in [1.54, 1.807) is 24.3 Å². The van der Waals surface area contributed by atoms with Gasteiger partial charge in [-0.15, -0.1) is 0 Å². The molecule has 0 aliphatic heterocycles. The van der Waals surface area contributed by atoms with E-state index in [0.717, 1.165) is 17.3 Å². The van der Waals surface area contributed by atoms with Crippen molar-refractivity contribution in [2.45, 2.75) is 26.3 Å². The number of thioether (sulfide) groups is 1. The molecule has 1 rings (SSSR count). The van der Waals surface area contributed by atoms with Gasteiger partial charge in [-0.25, -0.2) is 4.79 Å². The van der Waals surface area contributed by atoms with Crippen LogP contribution in [0.15, 0.2) is 24.3 Å². The third kappa shape index (κ3) is 7.28. The van der Waals surface area contributed by atoms with Crippen molar-refractivity contribution in [3.63, 3.8) is 0 Å². The second kappa shape index (κ2) is 9.71. The molecule has 1 aromatic carbocycles. The Kier molecular flexibility index (Phi) is 7.97. The van der Waals surface area contributed by atoms with Crippen molar-refractivity contribution >= 4 is 34.7 Å². The highest BCUT2D eigenvalue weighted by Crippen LogP contribution is 2.17. The molecular weight excluding hydrogens is 332 g/mol. The summed E-state index contributed by atoms with van der Waals surface area (Å²) in [4.78, 5) is 45.6. The van der Waals surface area contributed by atoms with Crippen molar-refractivity contribution in [2.24, 2.45) is 0 Å². The number of ether oxygens (including phenoxy) is 1. The third-order valence-corrected chi connectivity index (χ3v) is 3.70. The summed E-state index contributed by atoms with van der Waals surface area (Å²) < 4.78 is 5.14. The van der Waals surface area contributed by atoms with Gasteiger partial charge in [-0.05, 0) is 36.4 Å². The minimum absolute atomic E-state index is 0.0496. The number of hydrogen-bond acceptors (Lipinski definition) is 6. The fourth-order valence-electron chi connectivity index (χ4n) is 1.84. The molecule has 0 aliphatic carbocycles. The molecule has 2 N–H and O–H groups in total. The van der Waals surface area contributed by atoms with Gasteiger partial charge >= 0.3 is 5.30 Å². The molecule has 130 valence electrons. The number of ketones is 1. The maximum Gasteiger partial charge on any atom is 0.372 e. The van der Waals surface area contributed by atoms with Gasteiger partial charge < -0.3 is 15.4 Å². The van der Waals surface area contributed by atoms with Crippen LogP contribution < -0.4 is 15.4 Å². The molecule has 2 amide bonds. The SMILES string of the molecule is CNC(=O)[C@@H](CSC(=O)Oc1ccc(CC(C)=O)cc1)NC(C)=O. The molecule has 0 unspecified atom stereocenters. The molecule has 0 aliphatic rings. The average Bonchev–Trinajstić information content (AvgIpc) is 2.51. The van der Waals surface area contributed by atoms with Crippen molar-refractivity contribution in [3.8, 4) is 5.75 Å². The Balaban J connectivity index is 2.53. The van der Waals surface area contributed by atoms with Gasteiger partial charge in [0.15, 0.2) is 0 Å². The molecule has 0 bridgehead atoms. The third-order valence-electron chi connectivity index (χ3n) is 2.89. The van der Waals surface area contributed by atoms with Gasteiger partial charge in [0, 0.05) is 26.1 Å². The zero-order valence-electron chi connectivity index (χ0n) is 13.8. The van der Waals surface area contributed by atoms with E-state index < -0.39 is 11.3 Å². The van der Waals surface area contributed by atoms with Crippen LogP contribution in [-0.4, -0.2) is 41.7 Å². The molecule has 0 heterocycles. The van der Waals surface area contributed by atoms with Crippen molar-refractivity contribution in [1.82, 2.24) is 10.6 Å². The van der Waals surface area contributed by atoms with Gasteiger partial charge in [0.2, 0.25) is 11.8 Å². The summed E-state index contributed by atoms with van der Waals surface area (Å²) in [5.41, 5.74) is 0.834. The van der Waals surface area contributed by atoms with Gasteiger partial charge in [-0.2, -0.15) is 0 Å². The van der Waals surface area contributed by atoms with Gasteiger partial charge in [0.05, 0.1) is 0 Å². The van der Waals surface area contributed by atoms with Crippen LogP contribution in [0.4, 0.5) is 4.79 Å². The smallest absolute Gasteiger partial charge is 0.372 e. The van der Waals surface area contributed by atoms with Crippen molar-refractivity contribution in [1.29, 1.82) is 0 Å². The van der Waals surface area contributed by atoms with E-state index in [2.05, 4.69) is 10.6 Å². The van der Waals surface area contributed by atoms with E-state index in [1.807, 2.05) is 0 Å². The predicted molar refractivity (Wildman–Crippen MR) is 91.0 cm³/mol. The zero-order valence-corrected chi connectivity index (χ0v) is 14.6. The van der Waals surface area contributed by atoms with Crippen molar-refractivity contribution in [2.75, 3.05) is 12.8 Å². The molecule has 8 heteroatoms. The molecule has 1 atom stereocenters. The number of carbonyl (C=O) groups is 4. The fourth-order valence-corrected chi connectivity index (χ4v) is 2.53. The van der Waals surface area contributed by atoms with Gasteiger partial charge in [0.1, 0.15) is 17.6 Å². The Labute approximate surface area is 144 Å². The van der Waals surface area contributed by atoms with Crippen LogP contribution in [0.2, 0.25) is 0 Å².